The lowest BCUT2D eigenvalue weighted by molar-refractivity contribution is 0.316. The lowest BCUT2D eigenvalue weighted by Crippen LogP contribution is -2.14. The fourth-order valence-electron chi connectivity index (χ4n) is 4.54. The fraction of sp³-hybridized carbons (Fsp3) is 0.333. The van der Waals surface area contributed by atoms with Crippen LogP contribution >= 0.6 is 0 Å². The standard InChI is InChI=1S/C24H24N2O/c1-16(17-7-3-2-4-8-17)18-11-12-25-22(14-18)19-13-21-20-9-5-6-10-23(20)27-24(21)26-15-19/h5-6,9-17H,2-4,7-8H2,1H3. The summed E-state index contributed by atoms with van der Waals surface area (Å²) in [6.07, 6.45) is 10.7. The Balaban J connectivity index is 1.53. The van der Waals surface area contributed by atoms with E-state index in [0.717, 1.165) is 33.5 Å². The summed E-state index contributed by atoms with van der Waals surface area (Å²) in [6.45, 7) is 2.38. The first kappa shape index (κ1) is 16.5. The fourth-order valence-corrected chi connectivity index (χ4v) is 4.54. The van der Waals surface area contributed by atoms with Crippen LogP contribution in [-0.2, 0) is 0 Å². The number of nitrogens with zero attached hydrogens (tertiary/aromatic N) is 2. The minimum absolute atomic E-state index is 0.582. The average molecular weight is 356 g/mol. The molecule has 136 valence electrons. The van der Waals surface area contributed by atoms with Gasteiger partial charge < -0.3 is 4.42 Å². The first-order valence-electron chi connectivity index (χ1n) is 10.0. The van der Waals surface area contributed by atoms with Gasteiger partial charge in [0.05, 0.1) is 5.69 Å². The first-order valence-corrected chi connectivity index (χ1v) is 10.0. The molecular formula is C24H24N2O. The van der Waals surface area contributed by atoms with E-state index < -0.39 is 0 Å². The zero-order chi connectivity index (χ0) is 18.2. The number of aromatic nitrogens is 2. The van der Waals surface area contributed by atoms with Crippen LogP contribution in [0, 0.1) is 5.92 Å². The Hall–Kier alpha value is -2.68. The van der Waals surface area contributed by atoms with Crippen molar-refractivity contribution >= 4 is 22.1 Å². The molecule has 0 N–H and O–H groups in total. The average Bonchev–Trinajstić information content (AvgIpc) is 3.12. The number of pyridine rings is 2. The number of hydrogen-bond donors (Lipinski definition) is 0. The monoisotopic (exact) mass is 356 g/mol. The molecular weight excluding hydrogens is 332 g/mol. The molecule has 0 spiro atoms. The van der Waals surface area contributed by atoms with Crippen molar-refractivity contribution in [2.24, 2.45) is 5.92 Å². The number of benzene rings is 1. The molecule has 4 aromatic rings. The van der Waals surface area contributed by atoms with Crippen molar-refractivity contribution in [3.63, 3.8) is 0 Å². The lowest BCUT2D eigenvalue weighted by atomic mass is 9.78. The minimum Gasteiger partial charge on any atom is -0.438 e. The second-order valence-electron chi connectivity index (χ2n) is 7.84. The maximum absolute atomic E-state index is 5.85. The summed E-state index contributed by atoms with van der Waals surface area (Å²) in [5.41, 5.74) is 5.00. The molecule has 0 saturated heterocycles. The maximum atomic E-state index is 5.85. The largest absolute Gasteiger partial charge is 0.438 e. The summed E-state index contributed by atoms with van der Waals surface area (Å²) in [6, 6.07) is 14.7. The van der Waals surface area contributed by atoms with Crippen LogP contribution in [-0.4, -0.2) is 9.97 Å². The van der Waals surface area contributed by atoms with Crippen molar-refractivity contribution in [1.82, 2.24) is 9.97 Å². The molecule has 1 unspecified atom stereocenters. The Bertz CT molecular complexity index is 1090. The molecule has 1 aromatic carbocycles. The Morgan fingerprint density at radius 3 is 2.70 bits per heavy atom. The van der Waals surface area contributed by atoms with Gasteiger partial charge in [-0.1, -0.05) is 44.4 Å². The molecule has 5 rings (SSSR count). The highest BCUT2D eigenvalue weighted by Crippen LogP contribution is 2.37. The Morgan fingerprint density at radius 1 is 0.963 bits per heavy atom. The van der Waals surface area contributed by atoms with Gasteiger partial charge >= 0.3 is 0 Å². The summed E-state index contributed by atoms with van der Waals surface area (Å²) < 4.78 is 5.85. The third-order valence-corrected chi connectivity index (χ3v) is 6.20. The van der Waals surface area contributed by atoms with Crippen molar-refractivity contribution in [1.29, 1.82) is 0 Å². The van der Waals surface area contributed by atoms with Crippen LogP contribution in [0.2, 0.25) is 0 Å². The highest BCUT2D eigenvalue weighted by molar-refractivity contribution is 6.04. The second-order valence-corrected chi connectivity index (χ2v) is 7.84. The van der Waals surface area contributed by atoms with E-state index in [2.05, 4.69) is 41.2 Å². The first-order chi connectivity index (χ1) is 13.3. The molecule has 1 fully saturated rings. The van der Waals surface area contributed by atoms with Crippen LogP contribution in [0.4, 0.5) is 0 Å². The smallest absolute Gasteiger partial charge is 0.227 e. The molecule has 0 aliphatic heterocycles. The van der Waals surface area contributed by atoms with Crippen LogP contribution in [0.25, 0.3) is 33.3 Å². The van der Waals surface area contributed by atoms with E-state index in [4.69, 9.17) is 4.42 Å². The Kier molecular flexibility index (Phi) is 4.16. The van der Waals surface area contributed by atoms with Gasteiger partial charge in [0.15, 0.2) is 0 Å². The molecule has 1 atom stereocenters. The molecule has 1 aliphatic rings. The van der Waals surface area contributed by atoms with Crippen LogP contribution in [0.5, 0.6) is 0 Å². The summed E-state index contributed by atoms with van der Waals surface area (Å²) in [5.74, 6) is 1.38. The Morgan fingerprint density at radius 2 is 1.81 bits per heavy atom. The van der Waals surface area contributed by atoms with Gasteiger partial charge in [0.1, 0.15) is 5.58 Å². The van der Waals surface area contributed by atoms with E-state index in [1.54, 1.807) is 0 Å². The van der Waals surface area contributed by atoms with Crippen molar-refractivity contribution in [3.8, 4) is 11.3 Å². The third-order valence-electron chi connectivity index (χ3n) is 6.20. The van der Waals surface area contributed by atoms with Crippen molar-refractivity contribution in [3.05, 3.63) is 60.4 Å². The number of fused-ring (bicyclic) bond motifs is 3. The maximum Gasteiger partial charge on any atom is 0.227 e. The van der Waals surface area contributed by atoms with Crippen LogP contribution in [0.15, 0.2) is 59.3 Å². The van der Waals surface area contributed by atoms with Gasteiger partial charge in [-0.2, -0.15) is 0 Å². The van der Waals surface area contributed by atoms with E-state index in [0.29, 0.717) is 11.6 Å². The number of furan rings is 1. The van der Waals surface area contributed by atoms with Gasteiger partial charge in [-0.15, -0.1) is 0 Å². The highest BCUT2D eigenvalue weighted by Gasteiger charge is 2.22. The van der Waals surface area contributed by atoms with Crippen molar-refractivity contribution in [2.45, 2.75) is 44.9 Å². The van der Waals surface area contributed by atoms with Gasteiger partial charge in [-0.3, -0.25) is 4.98 Å². The van der Waals surface area contributed by atoms with Crippen molar-refractivity contribution < 1.29 is 4.42 Å². The van der Waals surface area contributed by atoms with Gasteiger partial charge in [-0.25, -0.2) is 4.98 Å². The molecule has 27 heavy (non-hydrogen) atoms. The predicted octanol–water partition coefficient (Wildman–Crippen LogP) is 6.73. The lowest BCUT2D eigenvalue weighted by Gasteiger charge is -2.28. The van der Waals surface area contributed by atoms with Crippen LogP contribution < -0.4 is 0 Å². The predicted molar refractivity (Wildman–Crippen MR) is 110 cm³/mol. The molecule has 1 saturated carbocycles. The molecule has 3 heterocycles. The second kappa shape index (κ2) is 6.80. The van der Waals surface area contributed by atoms with Crippen LogP contribution in [0.3, 0.4) is 0 Å². The summed E-state index contributed by atoms with van der Waals surface area (Å²) >= 11 is 0. The normalized spacial score (nSPS) is 16.8. The topological polar surface area (TPSA) is 38.9 Å². The number of para-hydroxylation sites is 1. The van der Waals surface area contributed by atoms with E-state index in [9.17, 15) is 0 Å². The summed E-state index contributed by atoms with van der Waals surface area (Å²) in [4.78, 5) is 9.19. The van der Waals surface area contributed by atoms with E-state index in [1.165, 1.54) is 37.7 Å². The van der Waals surface area contributed by atoms with Gasteiger partial charge in [0, 0.05) is 28.7 Å². The number of rotatable bonds is 3. The molecule has 1 aliphatic carbocycles. The van der Waals surface area contributed by atoms with Gasteiger partial charge in [-0.05, 0) is 54.5 Å². The zero-order valence-corrected chi connectivity index (χ0v) is 15.7. The van der Waals surface area contributed by atoms with Gasteiger partial charge in [0.2, 0.25) is 5.71 Å². The SMILES string of the molecule is CC(c1ccnc(-c2cnc3oc4ccccc4c3c2)c1)C1CCCCC1. The van der Waals surface area contributed by atoms with Gasteiger partial charge in [0.25, 0.3) is 0 Å². The molecule has 0 bridgehead atoms. The van der Waals surface area contributed by atoms with Crippen LogP contribution in [0.1, 0.15) is 50.5 Å². The molecule has 3 nitrogen and oxygen atoms in total. The van der Waals surface area contributed by atoms with E-state index in [1.807, 2.05) is 30.6 Å². The van der Waals surface area contributed by atoms with E-state index >= 15 is 0 Å². The zero-order valence-electron chi connectivity index (χ0n) is 15.7. The molecule has 3 aromatic heterocycles. The third kappa shape index (κ3) is 3.01. The number of hydrogen-bond acceptors (Lipinski definition) is 3. The highest BCUT2D eigenvalue weighted by atomic mass is 16.3. The summed E-state index contributed by atoms with van der Waals surface area (Å²) in [7, 11) is 0. The van der Waals surface area contributed by atoms with E-state index in [-0.39, 0.29) is 0 Å². The quantitative estimate of drug-likeness (QED) is 0.408. The molecule has 3 heteroatoms. The molecule has 0 amide bonds. The van der Waals surface area contributed by atoms with Crippen molar-refractivity contribution in [2.75, 3.05) is 0 Å². The minimum atomic E-state index is 0.582. The Labute approximate surface area is 159 Å². The molecule has 0 radical (unpaired) electrons. The summed E-state index contributed by atoms with van der Waals surface area (Å²) in [5, 5.41) is 2.16.